The molecule has 4 nitrogen and oxygen atoms in total. The summed E-state index contributed by atoms with van der Waals surface area (Å²) in [5.41, 5.74) is 8.03. The number of nitrogens with two attached hydrogens (primary N) is 1. The molecule has 20 heavy (non-hydrogen) atoms. The number of hydrogen-bond donors (Lipinski definition) is 2. The van der Waals surface area contributed by atoms with Crippen LogP contribution in [0.1, 0.15) is 38.7 Å². The van der Waals surface area contributed by atoms with Gasteiger partial charge in [-0.25, -0.2) is 0 Å². The average Bonchev–Trinajstić information content (AvgIpc) is 2.42. The summed E-state index contributed by atoms with van der Waals surface area (Å²) >= 11 is 0. The first-order valence-corrected chi connectivity index (χ1v) is 7.13. The fraction of sp³-hybridized carbons (Fsp3) is 0.562. The van der Waals surface area contributed by atoms with Crippen LogP contribution in [0.4, 0.5) is 5.69 Å². The summed E-state index contributed by atoms with van der Waals surface area (Å²) < 4.78 is 0. The second kappa shape index (κ2) is 7.17. The first-order valence-electron chi connectivity index (χ1n) is 7.13. The third-order valence-electron chi connectivity index (χ3n) is 3.87. The van der Waals surface area contributed by atoms with Crippen LogP contribution in [0.2, 0.25) is 0 Å². The van der Waals surface area contributed by atoms with Crippen molar-refractivity contribution >= 4 is 11.5 Å². The van der Waals surface area contributed by atoms with Gasteiger partial charge in [-0.05, 0) is 31.4 Å². The van der Waals surface area contributed by atoms with E-state index in [1.165, 1.54) is 11.3 Å². The van der Waals surface area contributed by atoms with Crippen molar-refractivity contribution in [1.29, 1.82) is 0 Å². The molecule has 0 bridgehead atoms. The van der Waals surface area contributed by atoms with Gasteiger partial charge in [0.25, 0.3) is 0 Å². The van der Waals surface area contributed by atoms with Gasteiger partial charge in [-0.1, -0.05) is 43.6 Å². The number of nitrogens with zero attached hydrogens (tertiary/aromatic N) is 2. The van der Waals surface area contributed by atoms with E-state index in [9.17, 15) is 0 Å². The maximum Gasteiger partial charge on any atom is 0.144 e. The average molecular weight is 277 g/mol. The molecule has 1 aromatic carbocycles. The van der Waals surface area contributed by atoms with Crippen LogP contribution in [0.25, 0.3) is 0 Å². The predicted octanol–water partition coefficient (Wildman–Crippen LogP) is 3.37. The van der Waals surface area contributed by atoms with Crippen molar-refractivity contribution in [3.8, 4) is 0 Å². The zero-order valence-electron chi connectivity index (χ0n) is 13.1. The molecule has 0 fully saturated rings. The number of oxime groups is 1. The smallest absolute Gasteiger partial charge is 0.144 e. The fourth-order valence-corrected chi connectivity index (χ4v) is 2.29. The highest BCUT2D eigenvalue weighted by molar-refractivity contribution is 5.85. The van der Waals surface area contributed by atoms with Gasteiger partial charge in [0.05, 0.1) is 0 Å². The first kappa shape index (κ1) is 16.3. The van der Waals surface area contributed by atoms with Crippen molar-refractivity contribution in [2.24, 2.45) is 16.3 Å². The van der Waals surface area contributed by atoms with Gasteiger partial charge in [0.1, 0.15) is 5.84 Å². The molecule has 0 aromatic heterocycles. The second-order valence-electron chi connectivity index (χ2n) is 6.03. The number of anilines is 1. The van der Waals surface area contributed by atoms with Gasteiger partial charge in [-0.2, -0.15) is 0 Å². The van der Waals surface area contributed by atoms with Gasteiger partial charge in [-0.3, -0.25) is 0 Å². The minimum Gasteiger partial charge on any atom is -0.409 e. The zero-order chi connectivity index (χ0) is 15.2. The lowest BCUT2D eigenvalue weighted by molar-refractivity contribution is 0.304. The third-order valence-corrected chi connectivity index (χ3v) is 3.87. The number of hydrogen-bond acceptors (Lipinski definition) is 3. The number of para-hydroxylation sites is 1. The number of aryl methyl sites for hydroxylation is 1. The maximum absolute atomic E-state index is 8.75. The van der Waals surface area contributed by atoms with Gasteiger partial charge in [0, 0.05) is 24.7 Å². The summed E-state index contributed by atoms with van der Waals surface area (Å²) in [6.45, 7) is 7.16. The summed E-state index contributed by atoms with van der Waals surface area (Å²) in [6, 6.07) is 8.41. The lowest BCUT2D eigenvalue weighted by Gasteiger charge is -2.24. The molecule has 0 aliphatic carbocycles. The van der Waals surface area contributed by atoms with Gasteiger partial charge >= 0.3 is 0 Å². The predicted molar refractivity (Wildman–Crippen MR) is 85.5 cm³/mol. The van der Waals surface area contributed by atoms with Crippen LogP contribution < -0.4 is 10.6 Å². The molecule has 0 saturated heterocycles. The largest absolute Gasteiger partial charge is 0.409 e. The second-order valence-corrected chi connectivity index (χ2v) is 6.03. The van der Waals surface area contributed by atoms with Crippen molar-refractivity contribution in [2.45, 2.75) is 40.0 Å². The van der Waals surface area contributed by atoms with E-state index in [2.05, 4.69) is 48.3 Å². The molecule has 0 aliphatic heterocycles. The molecule has 0 saturated carbocycles. The Labute approximate surface area is 122 Å². The third kappa shape index (κ3) is 4.44. The Morgan fingerprint density at radius 2 is 1.95 bits per heavy atom. The number of benzene rings is 1. The summed E-state index contributed by atoms with van der Waals surface area (Å²) in [7, 11) is 2.12. The molecule has 0 unspecified atom stereocenters. The van der Waals surface area contributed by atoms with Crippen LogP contribution in [0, 0.1) is 12.3 Å². The van der Waals surface area contributed by atoms with E-state index in [0.717, 1.165) is 25.8 Å². The molecular weight excluding hydrogens is 250 g/mol. The van der Waals surface area contributed by atoms with Crippen molar-refractivity contribution in [2.75, 3.05) is 18.5 Å². The highest BCUT2D eigenvalue weighted by atomic mass is 16.4. The quantitative estimate of drug-likeness (QED) is 0.264. The molecule has 0 spiro atoms. The van der Waals surface area contributed by atoms with E-state index in [1.807, 2.05) is 13.8 Å². The molecule has 0 heterocycles. The molecule has 1 aromatic rings. The molecule has 1 rings (SSSR count). The van der Waals surface area contributed by atoms with Crippen LogP contribution in [0.15, 0.2) is 29.4 Å². The SMILES string of the molecule is Cc1ccccc1N(C)CCCCC(C)(C)/C(N)=N/O. The van der Waals surface area contributed by atoms with Crippen molar-refractivity contribution in [3.05, 3.63) is 29.8 Å². The standard InChI is InChI=1S/C16H27N3O/c1-13-9-5-6-10-14(13)19(4)12-8-7-11-16(2,3)15(17)18-20/h5-6,9-10,20H,7-8,11-12H2,1-4H3,(H2,17,18). The lowest BCUT2D eigenvalue weighted by atomic mass is 9.86. The molecule has 0 atom stereocenters. The Kier molecular flexibility index (Phi) is 5.86. The Bertz CT molecular complexity index is 455. The Balaban J connectivity index is 2.40. The highest BCUT2D eigenvalue weighted by Gasteiger charge is 2.22. The molecule has 0 amide bonds. The van der Waals surface area contributed by atoms with E-state index in [0.29, 0.717) is 5.84 Å². The van der Waals surface area contributed by atoms with E-state index in [1.54, 1.807) is 0 Å². The van der Waals surface area contributed by atoms with E-state index < -0.39 is 0 Å². The minimum atomic E-state index is -0.240. The van der Waals surface area contributed by atoms with Crippen LogP contribution in [0.3, 0.4) is 0 Å². The number of unbranched alkanes of at least 4 members (excludes halogenated alkanes) is 1. The fourth-order valence-electron chi connectivity index (χ4n) is 2.29. The summed E-state index contributed by atoms with van der Waals surface area (Å²) in [4.78, 5) is 2.28. The molecule has 0 radical (unpaired) electrons. The summed E-state index contributed by atoms with van der Waals surface area (Å²) in [5, 5.41) is 11.9. The van der Waals surface area contributed by atoms with Crippen LogP contribution in [0.5, 0.6) is 0 Å². The highest BCUT2D eigenvalue weighted by Crippen LogP contribution is 2.24. The number of rotatable bonds is 7. The molecule has 4 heteroatoms. The van der Waals surface area contributed by atoms with E-state index >= 15 is 0 Å². The minimum absolute atomic E-state index is 0.240. The summed E-state index contributed by atoms with van der Waals surface area (Å²) in [5.74, 6) is 0.310. The van der Waals surface area contributed by atoms with Gasteiger partial charge in [-0.15, -0.1) is 0 Å². The van der Waals surface area contributed by atoms with E-state index in [4.69, 9.17) is 10.9 Å². The van der Waals surface area contributed by atoms with Gasteiger partial charge in [0.15, 0.2) is 0 Å². The molecule has 112 valence electrons. The van der Waals surface area contributed by atoms with Gasteiger partial charge in [0.2, 0.25) is 0 Å². The van der Waals surface area contributed by atoms with Crippen LogP contribution >= 0.6 is 0 Å². The van der Waals surface area contributed by atoms with Crippen LogP contribution in [-0.4, -0.2) is 24.6 Å². The first-order chi connectivity index (χ1) is 9.38. The van der Waals surface area contributed by atoms with Crippen LogP contribution in [-0.2, 0) is 0 Å². The number of amidine groups is 1. The Morgan fingerprint density at radius 1 is 1.30 bits per heavy atom. The maximum atomic E-state index is 8.75. The molecule has 0 aliphatic rings. The Hall–Kier alpha value is -1.71. The van der Waals surface area contributed by atoms with Gasteiger partial charge < -0.3 is 15.8 Å². The van der Waals surface area contributed by atoms with E-state index in [-0.39, 0.29) is 5.41 Å². The molecule has 3 N–H and O–H groups in total. The van der Waals surface area contributed by atoms with Crippen molar-refractivity contribution < 1.29 is 5.21 Å². The van der Waals surface area contributed by atoms with Crippen molar-refractivity contribution in [3.63, 3.8) is 0 Å². The topological polar surface area (TPSA) is 61.8 Å². The monoisotopic (exact) mass is 277 g/mol. The lowest BCUT2D eigenvalue weighted by Crippen LogP contribution is -2.32. The summed E-state index contributed by atoms with van der Waals surface area (Å²) in [6.07, 6.45) is 3.07. The Morgan fingerprint density at radius 3 is 2.55 bits per heavy atom. The zero-order valence-corrected chi connectivity index (χ0v) is 13.1. The molecular formula is C16H27N3O. The normalized spacial score (nSPS) is 12.5. The van der Waals surface area contributed by atoms with Crippen molar-refractivity contribution in [1.82, 2.24) is 0 Å².